The summed E-state index contributed by atoms with van der Waals surface area (Å²) in [4.78, 5) is 10.8. The Morgan fingerprint density at radius 2 is 2.31 bits per heavy atom. The molecule has 0 unspecified atom stereocenters. The third-order valence-corrected chi connectivity index (χ3v) is 2.35. The van der Waals surface area contributed by atoms with E-state index in [1.54, 1.807) is 6.07 Å². The second-order valence-electron chi connectivity index (χ2n) is 3.09. The minimum absolute atomic E-state index is 0.177. The lowest BCUT2D eigenvalue weighted by Crippen LogP contribution is -2.29. The monoisotopic (exact) mass is 290 g/mol. The molecule has 1 aromatic rings. The molecule has 0 saturated carbocycles. The molecule has 0 atom stereocenters. The van der Waals surface area contributed by atoms with Gasteiger partial charge in [0.1, 0.15) is 0 Å². The number of halogens is 2. The van der Waals surface area contributed by atoms with Crippen molar-refractivity contribution in [1.82, 2.24) is 5.43 Å². The predicted octanol–water partition coefficient (Wildman–Crippen LogP) is 1.74. The maximum absolute atomic E-state index is 13.2. The summed E-state index contributed by atoms with van der Waals surface area (Å²) in [5.74, 6) is 4.38. The van der Waals surface area contributed by atoms with Gasteiger partial charge in [-0.3, -0.25) is 10.2 Å². The Labute approximate surface area is 101 Å². The number of carbonyl (C=O) groups excluding carboxylic acids is 1. The first kappa shape index (κ1) is 12.9. The number of carbonyl (C=O) groups is 1. The Morgan fingerprint density at radius 3 is 2.94 bits per heavy atom. The average molecular weight is 291 g/mol. The van der Waals surface area contributed by atoms with Crippen molar-refractivity contribution >= 4 is 21.8 Å². The van der Waals surface area contributed by atoms with Crippen LogP contribution >= 0.6 is 15.9 Å². The minimum atomic E-state index is -0.433. The fraction of sp³-hybridized carbons (Fsp3) is 0.300. The minimum Gasteiger partial charge on any atom is -0.491 e. The first-order valence-corrected chi connectivity index (χ1v) is 5.50. The lowest BCUT2D eigenvalue weighted by molar-refractivity contribution is -0.121. The second-order valence-corrected chi connectivity index (χ2v) is 4.01. The van der Waals surface area contributed by atoms with Crippen LogP contribution in [0.5, 0.6) is 5.75 Å². The van der Waals surface area contributed by atoms with E-state index in [0.29, 0.717) is 10.9 Å². The van der Waals surface area contributed by atoms with Crippen LogP contribution in [0.3, 0.4) is 0 Å². The van der Waals surface area contributed by atoms with Gasteiger partial charge in [0.05, 0.1) is 6.61 Å². The van der Waals surface area contributed by atoms with Crippen molar-refractivity contribution < 1.29 is 13.9 Å². The van der Waals surface area contributed by atoms with Gasteiger partial charge in [-0.1, -0.05) is 15.9 Å². The van der Waals surface area contributed by atoms with Crippen LogP contribution in [-0.2, 0) is 4.79 Å². The Hall–Kier alpha value is -1.14. The molecule has 0 fully saturated rings. The van der Waals surface area contributed by atoms with Crippen LogP contribution in [0.2, 0.25) is 0 Å². The van der Waals surface area contributed by atoms with E-state index < -0.39 is 5.82 Å². The molecule has 1 rings (SSSR count). The van der Waals surface area contributed by atoms with E-state index >= 15 is 0 Å². The summed E-state index contributed by atoms with van der Waals surface area (Å²) < 4.78 is 19.1. The molecule has 0 heterocycles. The van der Waals surface area contributed by atoms with Crippen molar-refractivity contribution in [2.24, 2.45) is 5.84 Å². The van der Waals surface area contributed by atoms with Gasteiger partial charge in [0, 0.05) is 10.9 Å². The Balaban J connectivity index is 2.35. The van der Waals surface area contributed by atoms with Gasteiger partial charge < -0.3 is 4.74 Å². The molecule has 16 heavy (non-hydrogen) atoms. The van der Waals surface area contributed by atoms with Crippen LogP contribution in [0.1, 0.15) is 12.8 Å². The van der Waals surface area contributed by atoms with Crippen LogP contribution in [0.15, 0.2) is 22.7 Å². The summed E-state index contributed by atoms with van der Waals surface area (Å²) in [6.07, 6.45) is 0.743. The van der Waals surface area contributed by atoms with Gasteiger partial charge in [-0.25, -0.2) is 10.2 Å². The van der Waals surface area contributed by atoms with Gasteiger partial charge in [-0.2, -0.15) is 0 Å². The number of rotatable bonds is 5. The zero-order valence-electron chi connectivity index (χ0n) is 8.50. The maximum atomic E-state index is 13.2. The van der Waals surface area contributed by atoms with Crippen molar-refractivity contribution in [3.8, 4) is 5.75 Å². The summed E-state index contributed by atoms with van der Waals surface area (Å²) in [5.41, 5.74) is 2.01. The van der Waals surface area contributed by atoms with Crippen LogP contribution in [0.4, 0.5) is 4.39 Å². The molecule has 3 N–H and O–H groups in total. The number of amides is 1. The average Bonchev–Trinajstić information content (AvgIpc) is 2.26. The maximum Gasteiger partial charge on any atom is 0.234 e. The number of hydrogen-bond donors (Lipinski definition) is 2. The highest BCUT2D eigenvalue weighted by atomic mass is 79.9. The highest BCUT2D eigenvalue weighted by molar-refractivity contribution is 9.10. The molecular formula is C10H12BrFN2O2. The van der Waals surface area contributed by atoms with E-state index in [2.05, 4.69) is 15.9 Å². The number of ether oxygens (including phenoxy) is 1. The van der Waals surface area contributed by atoms with Crippen molar-refractivity contribution in [3.63, 3.8) is 0 Å². The van der Waals surface area contributed by atoms with Gasteiger partial charge in [0.15, 0.2) is 11.6 Å². The summed E-state index contributed by atoms with van der Waals surface area (Å²) in [6.45, 7) is 0.270. The molecular weight excluding hydrogens is 279 g/mol. The fourth-order valence-electron chi connectivity index (χ4n) is 1.08. The van der Waals surface area contributed by atoms with E-state index in [1.165, 1.54) is 12.1 Å². The Morgan fingerprint density at radius 1 is 1.56 bits per heavy atom. The van der Waals surface area contributed by atoms with E-state index in [9.17, 15) is 9.18 Å². The lowest BCUT2D eigenvalue weighted by Gasteiger charge is -2.06. The summed E-state index contributed by atoms with van der Waals surface area (Å²) in [5, 5.41) is 0. The SMILES string of the molecule is NNC(=O)CCCOc1ccc(Br)cc1F. The zero-order valence-corrected chi connectivity index (χ0v) is 10.1. The van der Waals surface area contributed by atoms with Gasteiger partial charge >= 0.3 is 0 Å². The van der Waals surface area contributed by atoms with Crippen molar-refractivity contribution in [2.45, 2.75) is 12.8 Å². The Kier molecular flexibility index (Phi) is 5.21. The van der Waals surface area contributed by atoms with Crippen LogP contribution in [-0.4, -0.2) is 12.5 Å². The molecule has 0 aromatic heterocycles. The molecule has 1 amide bonds. The summed E-state index contributed by atoms with van der Waals surface area (Å²) in [7, 11) is 0. The van der Waals surface area contributed by atoms with Gasteiger partial charge in [0.25, 0.3) is 0 Å². The molecule has 0 bridgehead atoms. The van der Waals surface area contributed by atoms with Crippen molar-refractivity contribution in [3.05, 3.63) is 28.5 Å². The molecule has 0 aliphatic rings. The van der Waals surface area contributed by atoms with Gasteiger partial charge in [-0.05, 0) is 24.6 Å². The van der Waals surface area contributed by atoms with Crippen LogP contribution in [0, 0.1) is 5.82 Å². The van der Waals surface area contributed by atoms with E-state index in [-0.39, 0.29) is 24.7 Å². The number of hydrogen-bond acceptors (Lipinski definition) is 3. The highest BCUT2D eigenvalue weighted by Gasteiger charge is 2.04. The van der Waals surface area contributed by atoms with E-state index in [0.717, 1.165) is 0 Å². The number of nitrogens with one attached hydrogen (secondary N) is 1. The molecule has 1 aromatic carbocycles. The van der Waals surface area contributed by atoms with Crippen LogP contribution in [0.25, 0.3) is 0 Å². The number of nitrogens with two attached hydrogens (primary N) is 1. The highest BCUT2D eigenvalue weighted by Crippen LogP contribution is 2.21. The third-order valence-electron chi connectivity index (χ3n) is 1.86. The van der Waals surface area contributed by atoms with Crippen molar-refractivity contribution in [1.29, 1.82) is 0 Å². The smallest absolute Gasteiger partial charge is 0.234 e. The molecule has 6 heteroatoms. The predicted molar refractivity (Wildman–Crippen MR) is 61.2 cm³/mol. The van der Waals surface area contributed by atoms with Crippen LogP contribution < -0.4 is 16.0 Å². The molecule has 0 aliphatic carbocycles. The first-order chi connectivity index (χ1) is 7.63. The molecule has 0 radical (unpaired) electrons. The normalized spacial score (nSPS) is 9.94. The Bertz CT molecular complexity index is 374. The zero-order chi connectivity index (χ0) is 12.0. The van der Waals surface area contributed by atoms with Crippen molar-refractivity contribution in [2.75, 3.05) is 6.61 Å². The van der Waals surface area contributed by atoms with Gasteiger partial charge in [-0.15, -0.1) is 0 Å². The molecule has 0 aliphatic heterocycles. The number of benzene rings is 1. The summed E-state index contributed by atoms with van der Waals surface area (Å²) >= 11 is 3.14. The topological polar surface area (TPSA) is 64.3 Å². The quantitative estimate of drug-likeness (QED) is 0.376. The number of hydrazine groups is 1. The fourth-order valence-corrected chi connectivity index (χ4v) is 1.41. The molecule has 0 spiro atoms. The van der Waals surface area contributed by atoms with Gasteiger partial charge in [0.2, 0.25) is 5.91 Å². The van der Waals surface area contributed by atoms with E-state index in [1.807, 2.05) is 5.43 Å². The second kappa shape index (κ2) is 6.44. The summed E-state index contributed by atoms with van der Waals surface area (Å²) in [6, 6.07) is 4.54. The third kappa shape index (κ3) is 4.16. The lowest BCUT2D eigenvalue weighted by atomic mass is 10.3. The molecule has 0 saturated heterocycles. The largest absolute Gasteiger partial charge is 0.491 e. The molecule has 88 valence electrons. The van der Waals surface area contributed by atoms with E-state index in [4.69, 9.17) is 10.6 Å². The first-order valence-electron chi connectivity index (χ1n) is 4.71. The standard InChI is InChI=1S/C10H12BrFN2O2/c11-7-3-4-9(8(12)6-7)16-5-1-2-10(15)14-13/h3-4,6H,1-2,5,13H2,(H,14,15). The molecule has 4 nitrogen and oxygen atoms in total.